The van der Waals surface area contributed by atoms with Gasteiger partial charge in [0.15, 0.2) is 0 Å². The van der Waals surface area contributed by atoms with Crippen LogP contribution in [0.4, 0.5) is 11.5 Å². The van der Waals surface area contributed by atoms with Gasteiger partial charge in [-0.25, -0.2) is 4.98 Å². The van der Waals surface area contributed by atoms with Gasteiger partial charge in [0.25, 0.3) is 0 Å². The van der Waals surface area contributed by atoms with Gasteiger partial charge in [0.1, 0.15) is 5.82 Å². The molecular weight excluding hydrogens is 378 g/mol. The molecule has 1 aromatic heterocycles. The van der Waals surface area contributed by atoms with Crippen molar-refractivity contribution >= 4 is 23.3 Å². The molecule has 0 spiro atoms. The molecule has 1 fully saturated rings. The average molecular weight is 406 g/mol. The van der Waals surface area contributed by atoms with Crippen molar-refractivity contribution in [3.8, 4) is 6.07 Å². The van der Waals surface area contributed by atoms with E-state index in [0.717, 1.165) is 30.8 Å². The number of nitrogens with one attached hydrogen (secondary N) is 1. The molecule has 7 nitrogen and oxygen atoms in total. The standard InChI is InChI=1S/C23H27N5O2/c1-18-8-5-12-21(25-18)26-23(30)19-9-6-14-27(16-19)17-22(29)28(15-7-13-24)20-10-3-2-4-11-20/h2-5,8,10-12,19H,6-7,9,14-17H2,1H3,(H,25,26,30)/t19-/m0/s1. The predicted molar refractivity (Wildman–Crippen MR) is 116 cm³/mol. The Hall–Kier alpha value is -3.24. The molecule has 3 rings (SSSR count). The van der Waals surface area contributed by atoms with Gasteiger partial charge >= 0.3 is 0 Å². The zero-order valence-corrected chi connectivity index (χ0v) is 17.3. The van der Waals surface area contributed by atoms with Crippen LogP contribution in [0.3, 0.4) is 0 Å². The van der Waals surface area contributed by atoms with E-state index in [4.69, 9.17) is 5.26 Å². The summed E-state index contributed by atoms with van der Waals surface area (Å²) in [6.07, 6.45) is 1.92. The van der Waals surface area contributed by atoms with Gasteiger partial charge in [-0.2, -0.15) is 5.26 Å². The second kappa shape index (κ2) is 10.5. The Morgan fingerprint density at radius 3 is 2.77 bits per heavy atom. The molecule has 0 bridgehead atoms. The van der Waals surface area contributed by atoms with Crippen LogP contribution in [0.15, 0.2) is 48.5 Å². The van der Waals surface area contributed by atoms with E-state index in [1.807, 2.05) is 54.3 Å². The normalized spacial score (nSPS) is 16.5. The summed E-state index contributed by atoms with van der Waals surface area (Å²) >= 11 is 0. The molecule has 0 saturated carbocycles. The van der Waals surface area contributed by atoms with Gasteiger partial charge in [-0.05, 0) is 50.6 Å². The Bertz CT molecular complexity index is 909. The van der Waals surface area contributed by atoms with E-state index >= 15 is 0 Å². The molecule has 2 amide bonds. The van der Waals surface area contributed by atoms with Crippen molar-refractivity contribution in [1.29, 1.82) is 5.26 Å². The number of carbonyl (C=O) groups excluding carboxylic acids is 2. The molecule has 1 saturated heterocycles. The number of likely N-dealkylation sites (tertiary alicyclic amines) is 1. The summed E-state index contributed by atoms with van der Waals surface area (Å²) in [5.74, 6) is 0.255. The number of carbonyl (C=O) groups is 2. The van der Waals surface area contributed by atoms with Crippen molar-refractivity contribution in [2.45, 2.75) is 26.2 Å². The molecule has 156 valence electrons. The number of piperidine rings is 1. The van der Waals surface area contributed by atoms with Gasteiger partial charge in [0, 0.05) is 24.5 Å². The Balaban J connectivity index is 1.60. The van der Waals surface area contributed by atoms with Crippen molar-refractivity contribution in [1.82, 2.24) is 9.88 Å². The van der Waals surface area contributed by atoms with E-state index in [1.54, 1.807) is 11.0 Å². The molecule has 7 heteroatoms. The van der Waals surface area contributed by atoms with Gasteiger partial charge in [-0.3, -0.25) is 14.5 Å². The summed E-state index contributed by atoms with van der Waals surface area (Å²) < 4.78 is 0. The van der Waals surface area contributed by atoms with Crippen molar-refractivity contribution in [2.75, 3.05) is 36.4 Å². The van der Waals surface area contributed by atoms with E-state index in [2.05, 4.69) is 16.4 Å². The minimum atomic E-state index is -0.182. The number of rotatable bonds is 7. The lowest BCUT2D eigenvalue weighted by molar-refractivity contribution is -0.124. The van der Waals surface area contributed by atoms with Crippen LogP contribution in [0, 0.1) is 24.2 Å². The molecule has 2 heterocycles. The smallest absolute Gasteiger partial charge is 0.241 e. The first kappa shape index (κ1) is 21.5. The topological polar surface area (TPSA) is 89.3 Å². The Labute approximate surface area is 177 Å². The number of nitrogens with zero attached hydrogens (tertiary/aromatic N) is 4. The highest BCUT2D eigenvalue weighted by atomic mass is 16.2. The van der Waals surface area contributed by atoms with Crippen molar-refractivity contribution < 1.29 is 9.59 Å². The molecule has 1 N–H and O–H groups in total. The monoisotopic (exact) mass is 405 g/mol. The molecule has 0 radical (unpaired) electrons. The Morgan fingerprint density at radius 1 is 1.23 bits per heavy atom. The fraction of sp³-hybridized carbons (Fsp3) is 0.391. The van der Waals surface area contributed by atoms with Crippen LogP contribution in [-0.2, 0) is 9.59 Å². The van der Waals surface area contributed by atoms with Gasteiger partial charge in [-0.15, -0.1) is 0 Å². The van der Waals surface area contributed by atoms with E-state index in [-0.39, 0.29) is 30.7 Å². The summed E-state index contributed by atoms with van der Waals surface area (Å²) in [6, 6.07) is 17.0. The third-order valence-corrected chi connectivity index (χ3v) is 5.19. The molecule has 0 aliphatic carbocycles. The number of anilines is 2. The highest BCUT2D eigenvalue weighted by Gasteiger charge is 2.28. The predicted octanol–water partition coefficient (Wildman–Crippen LogP) is 2.99. The van der Waals surface area contributed by atoms with Crippen LogP contribution in [0.5, 0.6) is 0 Å². The minimum Gasteiger partial charge on any atom is -0.310 e. The minimum absolute atomic E-state index is 0.0575. The maximum Gasteiger partial charge on any atom is 0.241 e. The van der Waals surface area contributed by atoms with Crippen molar-refractivity contribution in [2.24, 2.45) is 5.92 Å². The lowest BCUT2D eigenvalue weighted by Gasteiger charge is -2.33. The maximum absolute atomic E-state index is 13.0. The first-order valence-corrected chi connectivity index (χ1v) is 10.3. The highest BCUT2D eigenvalue weighted by Crippen LogP contribution is 2.20. The number of hydrogen-bond acceptors (Lipinski definition) is 5. The molecule has 1 aromatic carbocycles. The van der Waals surface area contributed by atoms with Crippen LogP contribution >= 0.6 is 0 Å². The summed E-state index contributed by atoms with van der Waals surface area (Å²) in [5.41, 5.74) is 1.64. The largest absolute Gasteiger partial charge is 0.310 e. The first-order valence-electron chi connectivity index (χ1n) is 10.3. The molecule has 1 aliphatic heterocycles. The fourth-order valence-electron chi connectivity index (χ4n) is 3.70. The van der Waals surface area contributed by atoms with Crippen LogP contribution in [0.2, 0.25) is 0 Å². The Kier molecular flexibility index (Phi) is 7.52. The number of benzene rings is 1. The number of para-hydroxylation sites is 1. The van der Waals surface area contributed by atoms with E-state index in [1.165, 1.54) is 0 Å². The zero-order valence-electron chi connectivity index (χ0n) is 17.3. The van der Waals surface area contributed by atoms with Crippen LogP contribution in [-0.4, -0.2) is 47.9 Å². The number of aromatic nitrogens is 1. The summed E-state index contributed by atoms with van der Waals surface area (Å²) in [4.78, 5) is 33.7. The Morgan fingerprint density at radius 2 is 2.03 bits per heavy atom. The van der Waals surface area contributed by atoms with Crippen molar-refractivity contribution in [3.05, 3.63) is 54.2 Å². The highest BCUT2D eigenvalue weighted by molar-refractivity contribution is 5.95. The quantitative estimate of drug-likeness (QED) is 0.765. The number of nitriles is 1. The second-order valence-corrected chi connectivity index (χ2v) is 7.52. The molecule has 0 unspecified atom stereocenters. The SMILES string of the molecule is Cc1cccc(NC(=O)[C@H]2CCCN(CC(=O)N(CCC#N)c3ccccc3)C2)n1. The van der Waals surface area contributed by atoms with Gasteiger partial charge < -0.3 is 10.2 Å². The molecule has 1 atom stereocenters. The van der Waals surface area contributed by atoms with E-state index in [9.17, 15) is 9.59 Å². The molecular formula is C23H27N5O2. The third kappa shape index (κ3) is 5.88. The van der Waals surface area contributed by atoms with Crippen LogP contribution in [0.1, 0.15) is 25.0 Å². The fourth-order valence-corrected chi connectivity index (χ4v) is 3.70. The van der Waals surface area contributed by atoms with Gasteiger partial charge in [0.05, 0.1) is 25.0 Å². The summed E-state index contributed by atoms with van der Waals surface area (Å²) in [7, 11) is 0. The maximum atomic E-state index is 13.0. The second-order valence-electron chi connectivity index (χ2n) is 7.52. The number of amides is 2. The number of aryl methyl sites for hydroxylation is 1. The van der Waals surface area contributed by atoms with E-state index in [0.29, 0.717) is 18.9 Å². The molecule has 1 aliphatic rings. The lowest BCUT2D eigenvalue weighted by Crippen LogP contribution is -2.46. The molecule has 30 heavy (non-hydrogen) atoms. The average Bonchev–Trinajstić information content (AvgIpc) is 2.75. The first-order chi connectivity index (χ1) is 14.6. The van der Waals surface area contributed by atoms with Crippen LogP contribution in [0.25, 0.3) is 0 Å². The van der Waals surface area contributed by atoms with Gasteiger partial charge in [-0.1, -0.05) is 24.3 Å². The lowest BCUT2D eigenvalue weighted by atomic mass is 9.97. The van der Waals surface area contributed by atoms with E-state index < -0.39 is 0 Å². The third-order valence-electron chi connectivity index (χ3n) is 5.19. The zero-order chi connectivity index (χ0) is 21.3. The summed E-state index contributed by atoms with van der Waals surface area (Å²) in [6.45, 7) is 3.78. The van der Waals surface area contributed by atoms with Crippen molar-refractivity contribution in [3.63, 3.8) is 0 Å². The number of hydrogen-bond donors (Lipinski definition) is 1. The number of pyridine rings is 1. The molecule has 2 aromatic rings. The van der Waals surface area contributed by atoms with Crippen LogP contribution < -0.4 is 10.2 Å². The van der Waals surface area contributed by atoms with Gasteiger partial charge in [0.2, 0.25) is 11.8 Å². The summed E-state index contributed by atoms with van der Waals surface area (Å²) in [5, 5.41) is 11.8.